The molecule has 72 valence electrons. The fourth-order valence-electron chi connectivity index (χ4n) is 1.87. The van der Waals surface area contributed by atoms with E-state index in [1.807, 2.05) is 4.57 Å². The highest BCUT2D eigenvalue weighted by Crippen LogP contribution is 2.36. The van der Waals surface area contributed by atoms with Crippen LogP contribution in [0, 0.1) is 5.92 Å². The number of rotatable bonds is 3. The van der Waals surface area contributed by atoms with Crippen LogP contribution in [0.3, 0.4) is 0 Å². The van der Waals surface area contributed by atoms with Gasteiger partial charge in [0.1, 0.15) is 12.9 Å². The fraction of sp³-hybridized carbons (Fsp3) is 0.778. The Bertz CT molecular complexity index is 280. The first-order valence-corrected chi connectivity index (χ1v) is 4.82. The highest BCUT2D eigenvalue weighted by atomic mass is 16.3. The van der Waals surface area contributed by atoms with E-state index in [4.69, 9.17) is 5.11 Å². The molecule has 4 heteroatoms. The Morgan fingerprint density at radius 1 is 1.69 bits per heavy atom. The molecule has 0 saturated heterocycles. The van der Waals surface area contributed by atoms with Gasteiger partial charge in [0.25, 0.3) is 0 Å². The standard InChI is InChI=1S/C9H15N3O/c1-7(8-3-2-4-8)12-6-10-11-9(12)5-13/h6-8,13H,2-5H2,1H3. The molecule has 1 unspecified atom stereocenters. The maximum atomic E-state index is 9.01. The lowest BCUT2D eigenvalue weighted by atomic mass is 9.80. The van der Waals surface area contributed by atoms with Gasteiger partial charge in [-0.2, -0.15) is 0 Å². The highest BCUT2D eigenvalue weighted by Gasteiger charge is 2.26. The summed E-state index contributed by atoms with van der Waals surface area (Å²) in [6, 6.07) is 0.436. The van der Waals surface area contributed by atoms with Crippen molar-refractivity contribution in [1.82, 2.24) is 14.8 Å². The van der Waals surface area contributed by atoms with Crippen LogP contribution in [-0.2, 0) is 6.61 Å². The summed E-state index contributed by atoms with van der Waals surface area (Å²) in [4.78, 5) is 0. The summed E-state index contributed by atoms with van der Waals surface area (Å²) in [6.07, 6.45) is 5.65. The van der Waals surface area contributed by atoms with Crippen LogP contribution < -0.4 is 0 Å². The first kappa shape index (κ1) is 8.69. The molecular formula is C9H15N3O. The molecule has 2 rings (SSSR count). The molecule has 1 aromatic heterocycles. The van der Waals surface area contributed by atoms with Crippen LogP contribution in [0.5, 0.6) is 0 Å². The van der Waals surface area contributed by atoms with Gasteiger partial charge in [-0.3, -0.25) is 0 Å². The molecular weight excluding hydrogens is 166 g/mol. The summed E-state index contributed by atoms with van der Waals surface area (Å²) in [5, 5.41) is 16.7. The molecule has 13 heavy (non-hydrogen) atoms. The van der Waals surface area contributed by atoms with Crippen LogP contribution in [0.1, 0.15) is 38.1 Å². The number of nitrogens with zero attached hydrogens (tertiary/aromatic N) is 3. The molecule has 0 spiro atoms. The van der Waals surface area contributed by atoms with Gasteiger partial charge in [-0.1, -0.05) is 6.42 Å². The van der Waals surface area contributed by atoms with Crippen LogP contribution in [-0.4, -0.2) is 19.9 Å². The van der Waals surface area contributed by atoms with Crippen molar-refractivity contribution in [2.75, 3.05) is 0 Å². The molecule has 1 heterocycles. The van der Waals surface area contributed by atoms with Gasteiger partial charge in [-0.05, 0) is 25.7 Å². The largest absolute Gasteiger partial charge is 0.388 e. The second-order valence-electron chi connectivity index (χ2n) is 3.74. The van der Waals surface area contributed by atoms with Crippen molar-refractivity contribution >= 4 is 0 Å². The van der Waals surface area contributed by atoms with Gasteiger partial charge in [0.2, 0.25) is 0 Å². The van der Waals surface area contributed by atoms with Crippen LogP contribution in [0.4, 0.5) is 0 Å². The van der Waals surface area contributed by atoms with Crippen molar-refractivity contribution in [3.63, 3.8) is 0 Å². The zero-order valence-corrected chi connectivity index (χ0v) is 7.85. The monoisotopic (exact) mass is 181 g/mol. The van der Waals surface area contributed by atoms with E-state index >= 15 is 0 Å². The van der Waals surface area contributed by atoms with Crippen molar-refractivity contribution in [3.8, 4) is 0 Å². The Morgan fingerprint density at radius 2 is 2.46 bits per heavy atom. The molecule has 1 saturated carbocycles. The lowest BCUT2D eigenvalue weighted by Crippen LogP contribution is -2.23. The molecule has 0 aromatic carbocycles. The molecule has 0 bridgehead atoms. The Kier molecular flexibility index (Phi) is 2.31. The van der Waals surface area contributed by atoms with E-state index in [0.717, 1.165) is 5.92 Å². The van der Waals surface area contributed by atoms with Crippen molar-refractivity contribution in [3.05, 3.63) is 12.2 Å². The molecule has 1 aliphatic carbocycles. The van der Waals surface area contributed by atoms with E-state index in [2.05, 4.69) is 17.1 Å². The molecule has 1 atom stereocenters. The minimum absolute atomic E-state index is 0.0168. The minimum atomic E-state index is -0.0168. The molecule has 0 radical (unpaired) electrons. The van der Waals surface area contributed by atoms with Crippen molar-refractivity contribution in [2.45, 2.75) is 38.8 Å². The smallest absolute Gasteiger partial charge is 0.158 e. The average molecular weight is 181 g/mol. The molecule has 1 aliphatic rings. The predicted molar refractivity (Wildman–Crippen MR) is 48.0 cm³/mol. The normalized spacial score (nSPS) is 19.8. The van der Waals surface area contributed by atoms with Crippen molar-refractivity contribution < 1.29 is 5.11 Å². The van der Waals surface area contributed by atoms with Gasteiger partial charge in [0, 0.05) is 6.04 Å². The molecule has 0 amide bonds. The third-order valence-electron chi connectivity index (χ3n) is 3.06. The first-order valence-electron chi connectivity index (χ1n) is 4.82. The summed E-state index contributed by atoms with van der Waals surface area (Å²) in [5.41, 5.74) is 0. The van der Waals surface area contributed by atoms with Gasteiger partial charge >= 0.3 is 0 Å². The summed E-state index contributed by atoms with van der Waals surface area (Å²) < 4.78 is 1.99. The number of aromatic nitrogens is 3. The maximum absolute atomic E-state index is 9.01. The topological polar surface area (TPSA) is 50.9 Å². The zero-order valence-electron chi connectivity index (χ0n) is 7.85. The Labute approximate surface area is 77.6 Å². The third-order valence-corrected chi connectivity index (χ3v) is 3.06. The summed E-state index contributed by atoms with van der Waals surface area (Å²) in [5.74, 6) is 1.43. The van der Waals surface area contributed by atoms with Crippen molar-refractivity contribution in [1.29, 1.82) is 0 Å². The average Bonchev–Trinajstić information content (AvgIpc) is 2.47. The second-order valence-corrected chi connectivity index (χ2v) is 3.74. The van der Waals surface area contributed by atoms with Gasteiger partial charge in [-0.15, -0.1) is 10.2 Å². The molecule has 1 fully saturated rings. The summed E-state index contributed by atoms with van der Waals surface area (Å²) >= 11 is 0. The second kappa shape index (κ2) is 3.46. The van der Waals surface area contributed by atoms with Crippen LogP contribution >= 0.6 is 0 Å². The minimum Gasteiger partial charge on any atom is -0.388 e. The third kappa shape index (κ3) is 1.46. The van der Waals surface area contributed by atoms with Crippen LogP contribution in [0.25, 0.3) is 0 Å². The molecule has 1 aromatic rings. The Hall–Kier alpha value is -0.900. The van der Waals surface area contributed by atoms with Crippen LogP contribution in [0.2, 0.25) is 0 Å². The fourth-order valence-corrected chi connectivity index (χ4v) is 1.87. The highest BCUT2D eigenvalue weighted by molar-refractivity contribution is 4.90. The zero-order chi connectivity index (χ0) is 9.26. The summed E-state index contributed by atoms with van der Waals surface area (Å²) in [7, 11) is 0. The van der Waals surface area contributed by atoms with Gasteiger partial charge in [-0.25, -0.2) is 0 Å². The van der Waals surface area contributed by atoms with Crippen LogP contribution in [0.15, 0.2) is 6.33 Å². The van der Waals surface area contributed by atoms with E-state index < -0.39 is 0 Å². The number of hydrogen-bond donors (Lipinski definition) is 1. The molecule has 1 N–H and O–H groups in total. The summed E-state index contributed by atoms with van der Waals surface area (Å²) in [6.45, 7) is 2.16. The lowest BCUT2D eigenvalue weighted by Gasteiger charge is -2.32. The van der Waals surface area contributed by atoms with E-state index in [1.54, 1.807) is 6.33 Å². The van der Waals surface area contributed by atoms with Gasteiger partial charge in [0.05, 0.1) is 0 Å². The Balaban J connectivity index is 2.13. The Morgan fingerprint density at radius 3 is 3.00 bits per heavy atom. The van der Waals surface area contributed by atoms with Crippen molar-refractivity contribution in [2.24, 2.45) is 5.92 Å². The number of aliphatic hydroxyl groups excluding tert-OH is 1. The van der Waals surface area contributed by atoms with Gasteiger partial charge in [0.15, 0.2) is 5.82 Å². The predicted octanol–water partition coefficient (Wildman–Crippen LogP) is 1.13. The number of aliphatic hydroxyl groups is 1. The van der Waals surface area contributed by atoms with E-state index in [0.29, 0.717) is 11.9 Å². The number of hydrogen-bond acceptors (Lipinski definition) is 3. The van der Waals surface area contributed by atoms with E-state index in [1.165, 1.54) is 19.3 Å². The lowest BCUT2D eigenvalue weighted by molar-refractivity contribution is 0.203. The van der Waals surface area contributed by atoms with Gasteiger partial charge < -0.3 is 9.67 Å². The van der Waals surface area contributed by atoms with E-state index in [-0.39, 0.29) is 6.61 Å². The molecule has 4 nitrogen and oxygen atoms in total. The first-order chi connectivity index (χ1) is 6.33. The van der Waals surface area contributed by atoms with E-state index in [9.17, 15) is 0 Å². The quantitative estimate of drug-likeness (QED) is 0.760. The maximum Gasteiger partial charge on any atom is 0.158 e. The SMILES string of the molecule is CC(C1CCC1)n1cnnc1CO. The molecule has 0 aliphatic heterocycles.